The fourth-order valence-electron chi connectivity index (χ4n) is 2.75. The first-order valence-electron chi connectivity index (χ1n) is 7.88. The maximum Gasteiger partial charge on any atom is 0.225 e. The van der Waals surface area contributed by atoms with E-state index in [1.807, 2.05) is 60.7 Å². The lowest BCUT2D eigenvalue weighted by Gasteiger charge is -2.18. The molecule has 0 aliphatic heterocycles. The van der Waals surface area contributed by atoms with E-state index < -0.39 is 0 Å². The van der Waals surface area contributed by atoms with Crippen molar-refractivity contribution in [1.29, 1.82) is 0 Å². The monoisotopic (exact) mass is 427 g/mol. The molecule has 0 heterocycles. The highest BCUT2D eigenvalue weighted by Crippen LogP contribution is 2.28. The van der Waals surface area contributed by atoms with E-state index in [1.165, 1.54) is 0 Å². The Bertz CT molecular complexity index is 763. The van der Waals surface area contributed by atoms with Gasteiger partial charge < -0.3 is 5.32 Å². The number of amides is 1. The van der Waals surface area contributed by atoms with E-state index in [9.17, 15) is 4.79 Å². The van der Waals surface area contributed by atoms with Crippen LogP contribution in [0.4, 0.5) is 5.69 Å². The average Bonchev–Trinajstić information content (AvgIpc) is 2.63. The van der Waals surface area contributed by atoms with Crippen LogP contribution in [0.5, 0.6) is 0 Å². The number of para-hydroxylation sites is 1. The van der Waals surface area contributed by atoms with Crippen molar-refractivity contribution in [2.45, 2.75) is 12.3 Å². The van der Waals surface area contributed by atoms with E-state index in [0.717, 1.165) is 20.4 Å². The third-order valence-electron chi connectivity index (χ3n) is 3.94. The van der Waals surface area contributed by atoms with E-state index in [2.05, 4.69) is 52.2 Å². The Morgan fingerprint density at radius 2 is 1.29 bits per heavy atom. The molecule has 0 saturated heterocycles. The minimum absolute atomic E-state index is 0.0248. The lowest BCUT2D eigenvalue weighted by atomic mass is 9.88. The average molecular weight is 427 g/mol. The summed E-state index contributed by atoms with van der Waals surface area (Å²) in [4.78, 5) is 12.6. The summed E-state index contributed by atoms with van der Waals surface area (Å²) in [7, 11) is 0. The third-order valence-corrected chi connectivity index (χ3v) is 4.88. The molecule has 120 valence electrons. The lowest BCUT2D eigenvalue weighted by Crippen LogP contribution is -2.17. The molecule has 3 heteroatoms. The van der Waals surface area contributed by atoms with Gasteiger partial charge in [0, 0.05) is 15.9 Å². The molecule has 0 radical (unpaired) electrons. The SMILES string of the molecule is O=C(CC(c1ccccc1)c1ccccc1)Nc1ccccc1I. The van der Waals surface area contributed by atoms with Crippen molar-refractivity contribution in [3.63, 3.8) is 0 Å². The fourth-order valence-corrected chi connectivity index (χ4v) is 3.27. The normalized spacial score (nSPS) is 10.6. The number of carbonyl (C=O) groups excluding carboxylic acids is 1. The molecule has 0 aliphatic rings. The molecule has 2 nitrogen and oxygen atoms in total. The van der Waals surface area contributed by atoms with E-state index in [-0.39, 0.29) is 11.8 Å². The van der Waals surface area contributed by atoms with Crippen molar-refractivity contribution in [1.82, 2.24) is 0 Å². The van der Waals surface area contributed by atoms with Crippen LogP contribution in [0.2, 0.25) is 0 Å². The quantitative estimate of drug-likeness (QED) is 0.539. The zero-order valence-electron chi connectivity index (χ0n) is 13.2. The van der Waals surface area contributed by atoms with Crippen LogP contribution in [0.1, 0.15) is 23.5 Å². The van der Waals surface area contributed by atoms with Crippen molar-refractivity contribution < 1.29 is 4.79 Å². The van der Waals surface area contributed by atoms with Gasteiger partial charge in [-0.05, 0) is 45.9 Å². The Kier molecular flexibility index (Phi) is 5.64. The van der Waals surface area contributed by atoms with Crippen LogP contribution < -0.4 is 5.32 Å². The van der Waals surface area contributed by atoms with Gasteiger partial charge in [0.05, 0.1) is 5.69 Å². The Hall–Kier alpha value is -2.14. The number of benzene rings is 3. The first kappa shape index (κ1) is 16.7. The molecule has 24 heavy (non-hydrogen) atoms. The smallest absolute Gasteiger partial charge is 0.225 e. The van der Waals surface area contributed by atoms with Gasteiger partial charge in [-0.15, -0.1) is 0 Å². The highest BCUT2D eigenvalue weighted by Gasteiger charge is 2.18. The van der Waals surface area contributed by atoms with Gasteiger partial charge in [0.2, 0.25) is 5.91 Å². The third kappa shape index (κ3) is 4.23. The van der Waals surface area contributed by atoms with E-state index in [1.54, 1.807) is 0 Å². The lowest BCUT2D eigenvalue weighted by molar-refractivity contribution is -0.116. The molecule has 3 aromatic carbocycles. The second-order valence-electron chi connectivity index (χ2n) is 5.61. The molecule has 0 bridgehead atoms. The van der Waals surface area contributed by atoms with Crippen molar-refractivity contribution in [3.05, 3.63) is 99.6 Å². The summed E-state index contributed by atoms with van der Waals surface area (Å²) in [5.41, 5.74) is 3.17. The molecule has 3 aromatic rings. The van der Waals surface area contributed by atoms with Gasteiger partial charge in [-0.3, -0.25) is 4.79 Å². The van der Waals surface area contributed by atoms with Crippen LogP contribution in [-0.2, 0) is 4.79 Å². The number of nitrogens with one attached hydrogen (secondary N) is 1. The standard InChI is InChI=1S/C21H18INO/c22-19-13-7-8-14-20(19)23-21(24)15-18(16-9-3-1-4-10-16)17-11-5-2-6-12-17/h1-14,18H,15H2,(H,23,24). The highest BCUT2D eigenvalue weighted by atomic mass is 127. The molecule has 1 N–H and O–H groups in total. The van der Waals surface area contributed by atoms with Crippen molar-refractivity contribution in [2.24, 2.45) is 0 Å². The van der Waals surface area contributed by atoms with Crippen LogP contribution in [0.25, 0.3) is 0 Å². The van der Waals surface area contributed by atoms with E-state index in [4.69, 9.17) is 0 Å². The van der Waals surface area contributed by atoms with Crippen LogP contribution in [0.3, 0.4) is 0 Å². The summed E-state index contributed by atoms with van der Waals surface area (Å²) in [5.74, 6) is 0.0746. The Balaban J connectivity index is 1.82. The molecule has 0 aliphatic carbocycles. The number of hydrogen-bond donors (Lipinski definition) is 1. The molecule has 1 amide bonds. The summed E-state index contributed by atoms with van der Waals surface area (Å²) in [6.45, 7) is 0. The molecule has 0 saturated carbocycles. The summed E-state index contributed by atoms with van der Waals surface area (Å²) in [6.07, 6.45) is 0.416. The molecular formula is C21H18INO. The Morgan fingerprint density at radius 1 is 0.792 bits per heavy atom. The maximum atomic E-state index is 12.6. The number of rotatable bonds is 5. The molecule has 0 unspecified atom stereocenters. The number of hydrogen-bond acceptors (Lipinski definition) is 1. The van der Waals surface area contributed by atoms with Crippen molar-refractivity contribution in [3.8, 4) is 0 Å². The summed E-state index contributed by atoms with van der Waals surface area (Å²) in [5, 5.41) is 3.03. The van der Waals surface area contributed by atoms with E-state index >= 15 is 0 Å². The van der Waals surface area contributed by atoms with E-state index in [0.29, 0.717) is 6.42 Å². The van der Waals surface area contributed by atoms with Gasteiger partial charge in [-0.1, -0.05) is 72.8 Å². The summed E-state index contributed by atoms with van der Waals surface area (Å²) >= 11 is 2.24. The summed E-state index contributed by atoms with van der Waals surface area (Å²) in [6, 6.07) is 28.2. The molecular weight excluding hydrogens is 409 g/mol. The second kappa shape index (κ2) is 8.11. The van der Waals surface area contributed by atoms with Crippen LogP contribution in [0.15, 0.2) is 84.9 Å². The fraction of sp³-hybridized carbons (Fsp3) is 0.0952. The molecule has 0 spiro atoms. The second-order valence-corrected chi connectivity index (χ2v) is 6.77. The van der Waals surface area contributed by atoms with Gasteiger partial charge in [-0.2, -0.15) is 0 Å². The van der Waals surface area contributed by atoms with Gasteiger partial charge in [-0.25, -0.2) is 0 Å². The molecule has 3 rings (SSSR count). The minimum Gasteiger partial charge on any atom is -0.325 e. The molecule has 0 atom stereocenters. The van der Waals surface area contributed by atoms with Crippen LogP contribution in [-0.4, -0.2) is 5.91 Å². The van der Waals surface area contributed by atoms with Crippen molar-refractivity contribution >= 4 is 34.2 Å². The predicted molar refractivity (Wildman–Crippen MR) is 107 cm³/mol. The van der Waals surface area contributed by atoms with Gasteiger partial charge in [0.15, 0.2) is 0 Å². The number of halogens is 1. The topological polar surface area (TPSA) is 29.1 Å². The van der Waals surface area contributed by atoms with Crippen LogP contribution in [0, 0.1) is 3.57 Å². The molecule has 0 aromatic heterocycles. The van der Waals surface area contributed by atoms with Crippen molar-refractivity contribution in [2.75, 3.05) is 5.32 Å². The maximum absolute atomic E-state index is 12.6. The minimum atomic E-state index is 0.0248. The zero-order valence-corrected chi connectivity index (χ0v) is 15.3. The van der Waals surface area contributed by atoms with Gasteiger partial charge in [0.25, 0.3) is 0 Å². The van der Waals surface area contributed by atoms with Crippen LogP contribution >= 0.6 is 22.6 Å². The summed E-state index contributed by atoms with van der Waals surface area (Å²) < 4.78 is 1.04. The number of anilines is 1. The predicted octanol–water partition coefficient (Wildman–Crippen LogP) is 5.45. The zero-order chi connectivity index (χ0) is 16.8. The van der Waals surface area contributed by atoms with Gasteiger partial charge in [0.1, 0.15) is 0 Å². The highest BCUT2D eigenvalue weighted by molar-refractivity contribution is 14.1. The molecule has 0 fully saturated rings. The van der Waals surface area contributed by atoms with Gasteiger partial charge >= 0.3 is 0 Å². The first-order chi connectivity index (χ1) is 11.7. The Morgan fingerprint density at radius 3 is 1.83 bits per heavy atom. The number of carbonyl (C=O) groups is 1. The largest absolute Gasteiger partial charge is 0.325 e. The first-order valence-corrected chi connectivity index (χ1v) is 8.96. The Labute approximate surface area is 156 Å².